The predicted octanol–water partition coefficient (Wildman–Crippen LogP) is 5.29. The van der Waals surface area contributed by atoms with E-state index >= 15 is 4.39 Å². The molecule has 0 atom stereocenters. The maximum Gasteiger partial charge on any atom is 0.261 e. The second kappa shape index (κ2) is 11.7. The van der Waals surface area contributed by atoms with Crippen LogP contribution in [0.25, 0.3) is 22.0 Å². The number of ether oxygens (including phenoxy) is 3. The number of fused-ring (bicyclic) bond motifs is 1. The number of likely N-dealkylation sites (tertiary alicyclic amines) is 1. The average molecular weight is 600 g/mol. The molecule has 4 heterocycles. The summed E-state index contributed by atoms with van der Waals surface area (Å²) < 4.78 is 47.1. The Morgan fingerprint density at radius 2 is 1.68 bits per heavy atom. The number of hydrogen-bond acceptors (Lipinski definition) is 8. The van der Waals surface area contributed by atoms with E-state index < -0.39 is 23.0 Å². The third-order valence-corrected chi connectivity index (χ3v) is 7.39. The minimum Gasteiger partial charge on any atom is -0.493 e. The van der Waals surface area contributed by atoms with Crippen LogP contribution in [0.2, 0.25) is 0 Å². The van der Waals surface area contributed by atoms with Crippen molar-refractivity contribution < 1.29 is 27.8 Å². The number of likely N-dealkylation sites (N-methyl/N-ethyl adjacent to an activating group) is 1. The Hall–Kier alpha value is -5.36. The van der Waals surface area contributed by atoms with Gasteiger partial charge in [-0.25, -0.2) is 13.8 Å². The van der Waals surface area contributed by atoms with Gasteiger partial charge >= 0.3 is 0 Å². The topological polar surface area (TPSA) is 108 Å². The summed E-state index contributed by atoms with van der Waals surface area (Å²) in [6, 6.07) is 11.5. The minimum atomic E-state index is -0.844. The standard InChI is InChI=1S/C32H27F2N5O5/c1-38-14-21(15-38)39-16-23(18-4-6-19(33)7-5-18)30(40)24(17-39)31(41)37-20-10-25(34)32(36-13-20)44-27-8-9-35-26-12-29(43-3)28(42-2)11-22(26)27/h4-13,16-17,21H,14-15H2,1-3H3,(H,37,41). The molecule has 3 aromatic heterocycles. The fourth-order valence-electron chi connectivity index (χ4n) is 5.07. The van der Waals surface area contributed by atoms with E-state index in [1.807, 2.05) is 11.6 Å². The fraction of sp³-hybridized carbons (Fsp3) is 0.188. The van der Waals surface area contributed by atoms with Crippen LogP contribution in [0.1, 0.15) is 16.4 Å². The van der Waals surface area contributed by atoms with Gasteiger partial charge in [-0.15, -0.1) is 0 Å². The predicted molar refractivity (Wildman–Crippen MR) is 160 cm³/mol. The first-order valence-electron chi connectivity index (χ1n) is 13.6. The highest BCUT2D eigenvalue weighted by Crippen LogP contribution is 2.37. The number of amides is 1. The Balaban J connectivity index is 1.28. The molecule has 6 rings (SSSR count). The van der Waals surface area contributed by atoms with Crippen molar-refractivity contribution in [3.05, 3.63) is 101 Å². The van der Waals surface area contributed by atoms with Crippen LogP contribution in [0.5, 0.6) is 23.1 Å². The van der Waals surface area contributed by atoms with Crippen LogP contribution in [-0.2, 0) is 0 Å². The van der Waals surface area contributed by atoms with E-state index in [0.717, 1.165) is 19.2 Å². The first-order chi connectivity index (χ1) is 21.2. The lowest BCUT2D eigenvalue weighted by Gasteiger charge is -2.38. The molecule has 12 heteroatoms. The van der Waals surface area contributed by atoms with Crippen LogP contribution >= 0.6 is 0 Å². The van der Waals surface area contributed by atoms with Crippen LogP contribution < -0.4 is 25.0 Å². The highest BCUT2D eigenvalue weighted by atomic mass is 19.1. The molecular weight excluding hydrogens is 572 g/mol. The largest absolute Gasteiger partial charge is 0.493 e. The Morgan fingerprint density at radius 1 is 0.955 bits per heavy atom. The number of rotatable bonds is 8. The van der Waals surface area contributed by atoms with Crippen molar-refractivity contribution in [3.8, 4) is 34.3 Å². The summed E-state index contributed by atoms with van der Waals surface area (Å²) in [7, 11) is 4.97. The summed E-state index contributed by atoms with van der Waals surface area (Å²) in [6.07, 6.45) is 5.89. The summed E-state index contributed by atoms with van der Waals surface area (Å²) in [6.45, 7) is 1.47. The van der Waals surface area contributed by atoms with Crippen molar-refractivity contribution in [2.24, 2.45) is 0 Å². The number of carbonyl (C=O) groups excluding carboxylic acids is 1. The van der Waals surface area contributed by atoms with Crippen molar-refractivity contribution >= 4 is 22.5 Å². The molecule has 224 valence electrons. The van der Waals surface area contributed by atoms with Crippen LogP contribution in [0.4, 0.5) is 14.5 Å². The van der Waals surface area contributed by atoms with Gasteiger partial charge in [-0.2, -0.15) is 0 Å². The van der Waals surface area contributed by atoms with Gasteiger partial charge in [-0.05, 0) is 36.9 Å². The number of benzene rings is 2. The van der Waals surface area contributed by atoms with Gasteiger partial charge in [0.25, 0.3) is 11.8 Å². The summed E-state index contributed by atoms with van der Waals surface area (Å²) in [4.78, 5) is 37.3. The molecule has 0 unspecified atom stereocenters. The number of nitrogens with zero attached hydrogens (tertiary/aromatic N) is 4. The highest BCUT2D eigenvalue weighted by Gasteiger charge is 2.27. The van der Waals surface area contributed by atoms with Gasteiger partial charge < -0.3 is 29.0 Å². The van der Waals surface area contributed by atoms with Gasteiger partial charge in [0, 0.05) is 54.8 Å². The van der Waals surface area contributed by atoms with E-state index in [-0.39, 0.29) is 34.5 Å². The second-order valence-electron chi connectivity index (χ2n) is 10.3. The zero-order valence-electron chi connectivity index (χ0n) is 24.0. The maximum absolute atomic E-state index is 15.2. The molecule has 0 spiro atoms. The molecule has 1 amide bonds. The van der Waals surface area contributed by atoms with Gasteiger partial charge in [-0.3, -0.25) is 14.6 Å². The Bertz CT molecular complexity index is 1940. The number of pyridine rings is 3. The molecule has 44 heavy (non-hydrogen) atoms. The number of carbonyl (C=O) groups is 1. The van der Waals surface area contributed by atoms with Crippen molar-refractivity contribution in [1.29, 1.82) is 0 Å². The van der Waals surface area contributed by atoms with E-state index in [0.29, 0.717) is 28.0 Å². The lowest BCUT2D eigenvalue weighted by molar-refractivity contribution is 0.102. The molecule has 1 N–H and O–H groups in total. The fourth-order valence-corrected chi connectivity index (χ4v) is 5.07. The highest BCUT2D eigenvalue weighted by molar-refractivity contribution is 6.04. The van der Waals surface area contributed by atoms with Crippen LogP contribution in [0, 0.1) is 11.6 Å². The second-order valence-corrected chi connectivity index (χ2v) is 10.3. The van der Waals surface area contributed by atoms with Crippen molar-refractivity contribution in [1.82, 2.24) is 19.4 Å². The summed E-state index contributed by atoms with van der Waals surface area (Å²) >= 11 is 0. The Kier molecular flexibility index (Phi) is 7.66. The summed E-state index contributed by atoms with van der Waals surface area (Å²) in [5.41, 5.74) is 0.595. The quantitative estimate of drug-likeness (QED) is 0.257. The van der Waals surface area contributed by atoms with Gasteiger partial charge in [0.05, 0.1) is 37.7 Å². The van der Waals surface area contributed by atoms with Crippen LogP contribution in [0.15, 0.2) is 78.1 Å². The third kappa shape index (κ3) is 5.54. The molecule has 0 radical (unpaired) electrons. The molecule has 1 aliphatic rings. The van der Waals surface area contributed by atoms with E-state index in [2.05, 4.69) is 20.2 Å². The van der Waals surface area contributed by atoms with E-state index in [4.69, 9.17) is 14.2 Å². The van der Waals surface area contributed by atoms with Crippen molar-refractivity contribution in [2.45, 2.75) is 6.04 Å². The number of hydrogen-bond donors (Lipinski definition) is 1. The average Bonchev–Trinajstić information content (AvgIpc) is 3.01. The van der Waals surface area contributed by atoms with Gasteiger partial charge in [0.15, 0.2) is 17.3 Å². The molecule has 0 saturated carbocycles. The number of halogens is 2. The molecule has 1 saturated heterocycles. The van der Waals surface area contributed by atoms with Gasteiger partial charge in [0.1, 0.15) is 17.1 Å². The maximum atomic E-state index is 15.2. The molecule has 1 aliphatic heterocycles. The van der Waals surface area contributed by atoms with E-state index in [1.165, 1.54) is 57.1 Å². The number of methoxy groups -OCH3 is 2. The molecule has 1 fully saturated rings. The normalized spacial score (nSPS) is 13.4. The van der Waals surface area contributed by atoms with Crippen molar-refractivity contribution in [2.75, 3.05) is 39.7 Å². The van der Waals surface area contributed by atoms with E-state index in [1.54, 1.807) is 24.4 Å². The first-order valence-corrected chi connectivity index (χ1v) is 13.6. The molecule has 2 aromatic carbocycles. The molecule has 0 aliphatic carbocycles. The van der Waals surface area contributed by atoms with Crippen LogP contribution in [0.3, 0.4) is 0 Å². The van der Waals surface area contributed by atoms with E-state index in [9.17, 15) is 14.0 Å². The zero-order chi connectivity index (χ0) is 31.0. The minimum absolute atomic E-state index is 0.0207. The van der Waals surface area contributed by atoms with Crippen molar-refractivity contribution in [3.63, 3.8) is 0 Å². The summed E-state index contributed by atoms with van der Waals surface area (Å²) in [5, 5.41) is 3.11. The van der Waals surface area contributed by atoms with Crippen LogP contribution in [-0.4, -0.2) is 59.7 Å². The molecule has 10 nitrogen and oxygen atoms in total. The molecular formula is C32H27F2N5O5. The Morgan fingerprint density at radius 3 is 2.36 bits per heavy atom. The Labute approximate surface area is 250 Å². The summed E-state index contributed by atoms with van der Waals surface area (Å²) in [5.74, 6) is -1.17. The number of aromatic nitrogens is 3. The van der Waals surface area contributed by atoms with Gasteiger partial charge in [0.2, 0.25) is 5.43 Å². The van der Waals surface area contributed by atoms with Gasteiger partial charge in [-0.1, -0.05) is 12.1 Å². The number of nitrogens with one attached hydrogen (secondary N) is 1. The molecule has 0 bridgehead atoms. The number of anilines is 1. The monoisotopic (exact) mass is 599 g/mol. The SMILES string of the molecule is COc1cc2nccc(Oc3ncc(NC(=O)c4cn(C5CN(C)C5)cc(-c5ccc(F)cc5)c4=O)cc3F)c2cc1OC. The zero-order valence-corrected chi connectivity index (χ0v) is 24.0. The third-order valence-electron chi connectivity index (χ3n) is 7.39. The smallest absolute Gasteiger partial charge is 0.261 e. The molecule has 5 aromatic rings. The first kappa shape index (κ1) is 28.7. The lowest BCUT2D eigenvalue weighted by atomic mass is 10.0. The lowest BCUT2D eigenvalue weighted by Crippen LogP contribution is -2.45.